The molecule has 0 aliphatic carbocycles. The normalized spacial score (nSPS) is 18.5. The van der Waals surface area contributed by atoms with Crippen LogP contribution in [0.5, 0.6) is 0 Å². The van der Waals surface area contributed by atoms with Gasteiger partial charge in [-0.05, 0) is 37.6 Å². The van der Waals surface area contributed by atoms with Gasteiger partial charge in [-0.1, -0.05) is 6.92 Å². The predicted octanol–water partition coefficient (Wildman–Crippen LogP) is 3.16. The van der Waals surface area contributed by atoms with E-state index in [0.29, 0.717) is 5.69 Å². The largest absolute Gasteiger partial charge is 0.416 e. The van der Waals surface area contributed by atoms with Crippen LogP contribution < -0.4 is 10.2 Å². The average Bonchev–Trinajstić information content (AvgIpc) is 2.97. The van der Waals surface area contributed by atoms with Crippen molar-refractivity contribution < 1.29 is 13.2 Å². The van der Waals surface area contributed by atoms with E-state index in [1.54, 1.807) is 0 Å². The van der Waals surface area contributed by atoms with E-state index in [2.05, 4.69) is 10.2 Å². The van der Waals surface area contributed by atoms with Gasteiger partial charge < -0.3 is 10.2 Å². The van der Waals surface area contributed by atoms with Crippen molar-refractivity contribution in [2.75, 3.05) is 24.5 Å². The standard InChI is InChI=1S/C15H18F3N3/c1-2-7-21(13-5-6-20-10-13)14-4-3-12(15(16,17)18)8-11(14)9-19/h3-4,8,13,20H,2,5-7,10H2,1H3. The maximum Gasteiger partial charge on any atom is 0.416 e. The second-order valence-corrected chi connectivity index (χ2v) is 5.18. The number of rotatable bonds is 4. The monoisotopic (exact) mass is 297 g/mol. The summed E-state index contributed by atoms with van der Waals surface area (Å²) in [6.45, 7) is 4.44. The van der Waals surface area contributed by atoms with Crippen LogP contribution in [0, 0.1) is 11.3 Å². The van der Waals surface area contributed by atoms with Crippen molar-refractivity contribution in [1.29, 1.82) is 5.26 Å². The Kier molecular flexibility index (Phi) is 4.73. The fourth-order valence-electron chi connectivity index (χ4n) is 2.70. The van der Waals surface area contributed by atoms with E-state index >= 15 is 0 Å². The van der Waals surface area contributed by atoms with Gasteiger partial charge in [0, 0.05) is 19.1 Å². The number of hydrogen-bond acceptors (Lipinski definition) is 3. The molecule has 6 heteroatoms. The SMILES string of the molecule is CCCN(c1ccc(C(F)(F)F)cc1C#N)C1CCNC1. The molecule has 1 fully saturated rings. The Morgan fingerprint density at radius 1 is 1.43 bits per heavy atom. The highest BCUT2D eigenvalue weighted by Crippen LogP contribution is 2.33. The summed E-state index contributed by atoms with van der Waals surface area (Å²) in [6, 6.07) is 5.57. The Morgan fingerprint density at radius 3 is 2.71 bits per heavy atom. The Bertz CT molecular complexity index is 528. The van der Waals surface area contributed by atoms with E-state index < -0.39 is 11.7 Å². The molecule has 1 unspecified atom stereocenters. The molecule has 0 spiro atoms. The first-order valence-electron chi connectivity index (χ1n) is 7.06. The topological polar surface area (TPSA) is 39.1 Å². The van der Waals surface area contributed by atoms with Gasteiger partial charge in [-0.3, -0.25) is 0 Å². The van der Waals surface area contributed by atoms with Crippen LogP contribution in [0.1, 0.15) is 30.9 Å². The van der Waals surface area contributed by atoms with Gasteiger partial charge >= 0.3 is 6.18 Å². The van der Waals surface area contributed by atoms with Gasteiger partial charge in [-0.25, -0.2) is 0 Å². The third-order valence-electron chi connectivity index (χ3n) is 3.69. The minimum atomic E-state index is -4.42. The Morgan fingerprint density at radius 2 is 2.19 bits per heavy atom. The summed E-state index contributed by atoms with van der Waals surface area (Å²) in [7, 11) is 0. The quantitative estimate of drug-likeness (QED) is 0.928. The average molecular weight is 297 g/mol. The van der Waals surface area contributed by atoms with E-state index in [1.807, 2.05) is 13.0 Å². The van der Waals surface area contributed by atoms with Crippen LogP contribution in [0.4, 0.5) is 18.9 Å². The number of nitrogens with one attached hydrogen (secondary N) is 1. The van der Waals surface area contributed by atoms with E-state index in [4.69, 9.17) is 0 Å². The van der Waals surface area contributed by atoms with E-state index in [1.165, 1.54) is 6.07 Å². The summed E-state index contributed by atoms with van der Waals surface area (Å²) in [6.07, 6.45) is -2.61. The molecule has 1 aliphatic rings. The van der Waals surface area contributed by atoms with Crippen molar-refractivity contribution in [3.63, 3.8) is 0 Å². The van der Waals surface area contributed by atoms with Crippen LogP contribution in [0.3, 0.4) is 0 Å². The highest BCUT2D eigenvalue weighted by Gasteiger charge is 2.32. The molecular weight excluding hydrogens is 279 g/mol. The van der Waals surface area contributed by atoms with E-state index in [9.17, 15) is 18.4 Å². The molecule has 3 nitrogen and oxygen atoms in total. The van der Waals surface area contributed by atoms with Crippen molar-refractivity contribution in [2.45, 2.75) is 32.0 Å². The summed E-state index contributed by atoms with van der Waals surface area (Å²) in [5, 5.41) is 12.5. The molecule has 1 aromatic carbocycles. The van der Waals surface area contributed by atoms with Gasteiger partial charge in [0.1, 0.15) is 6.07 Å². The fourth-order valence-corrected chi connectivity index (χ4v) is 2.70. The van der Waals surface area contributed by atoms with Gasteiger partial charge in [0.15, 0.2) is 0 Å². The Hall–Kier alpha value is -1.74. The van der Waals surface area contributed by atoms with Crippen molar-refractivity contribution in [3.8, 4) is 6.07 Å². The molecular formula is C15H18F3N3. The number of alkyl halides is 3. The van der Waals surface area contributed by atoms with Gasteiger partial charge in [-0.2, -0.15) is 18.4 Å². The van der Waals surface area contributed by atoms with Crippen LogP contribution in [-0.2, 0) is 6.18 Å². The number of nitrogens with zero attached hydrogens (tertiary/aromatic N) is 2. The van der Waals surface area contributed by atoms with E-state index in [-0.39, 0.29) is 11.6 Å². The molecule has 2 rings (SSSR count). The van der Waals surface area contributed by atoms with Crippen molar-refractivity contribution in [1.82, 2.24) is 5.32 Å². The van der Waals surface area contributed by atoms with Crippen LogP contribution in [0.15, 0.2) is 18.2 Å². The first-order chi connectivity index (χ1) is 9.97. The molecule has 21 heavy (non-hydrogen) atoms. The molecule has 0 aromatic heterocycles. The number of hydrogen-bond donors (Lipinski definition) is 1. The predicted molar refractivity (Wildman–Crippen MR) is 75.1 cm³/mol. The minimum Gasteiger partial charge on any atom is -0.366 e. The summed E-state index contributed by atoms with van der Waals surface area (Å²) < 4.78 is 38.3. The molecule has 114 valence electrons. The summed E-state index contributed by atoms with van der Waals surface area (Å²) in [5.41, 5.74) is -0.0879. The summed E-state index contributed by atoms with van der Waals surface area (Å²) in [4.78, 5) is 2.05. The molecule has 0 saturated carbocycles. The second-order valence-electron chi connectivity index (χ2n) is 5.18. The molecule has 1 N–H and O–H groups in total. The van der Waals surface area contributed by atoms with Crippen molar-refractivity contribution in [3.05, 3.63) is 29.3 Å². The lowest BCUT2D eigenvalue weighted by Gasteiger charge is -2.31. The highest BCUT2D eigenvalue weighted by molar-refractivity contribution is 5.61. The summed E-state index contributed by atoms with van der Waals surface area (Å²) in [5.74, 6) is 0. The molecule has 0 amide bonds. The van der Waals surface area contributed by atoms with Crippen LogP contribution in [0.2, 0.25) is 0 Å². The number of benzene rings is 1. The van der Waals surface area contributed by atoms with Crippen molar-refractivity contribution >= 4 is 5.69 Å². The van der Waals surface area contributed by atoms with Gasteiger partial charge in [0.05, 0.1) is 16.8 Å². The third-order valence-corrected chi connectivity index (χ3v) is 3.69. The lowest BCUT2D eigenvalue weighted by atomic mass is 10.1. The van der Waals surface area contributed by atoms with Crippen LogP contribution >= 0.6 is 0 Å². The smallest absolute Gasteiger partial charge is 0.366 e. The Labute approximate surface area is 122 Å². The molecule has 1 heterocycles. The second kappa shape index (κ2) is 6.35. The first-order valence-corrected chi connectivity index (χ1v) is 7.06. The van der Waals surface area contributed by atoms with E-state index in [0.717, 1.165) is 44.6 Å². The zero-order valence-corrected chi connectivity index (χ0v) is 11.9. The lowest BCUT2D eigenvalue weighted by Crippen LogP contribution is -2.38. The zero-order chi connectivity index (χ0) is 15.5. The third kappa shape index (κ3) is 3.48. The molecule has 1 aromatic rings. The molecule has 1 aliphatic heterocycles. The maximum atomic E-state index is 12.8. The van der Waals surface area contributed by atoms with Gasteiger partial charge in [0.2, 0.25) is 0 Å². The number of nitriles is 1. The molecule has 0 bridgehead atoms. The zero-order valence-electron chi connectivity index (χ0n) is 11.9. The number of halogens is 3. The van der Waals surface area contributed by atoms with Gasteiger partial charge in [-0.15, -0.1) is 0 Å². The fraction of sp³-hybridized carbons (Fsp3) is 0.533. The molecule has 0 radical (unpaired) electrons. The lowest BCUT2D eigenvalue weighted by molar-refractivity contribution is -0.137. The Balaban J connectivity index is 2.38. The minimum absolute atomic E-state index is 0.0881. The molecule has 1 atom stereocenters. The van der Waals surface area contributed by atoms with Crippen LogP contribution in [-0.4, -0.2) is 25.7 Å². The summed E-state index contributed by atoms with van der Waals surface area (Å²) >= 11 is 0. The van der Waals surface area contributed by atoms with Crippen LogP contribution in [0.25, 0.3) is 0 Å². The van der Waals surface area contributed by atoms with Crippen molar-refractivity contribution in [2.24, 2.45) is 0 Å². The first kappa shape index (κ1) is 15.6. The maximum absolute atomic E-state index is 12.8. The molecule has 1 saturated heterocycles. The van der Waals surface area contributed by atoms with Gasteiger partial charge in [0.25, 0.3) is 0 Å². The number of anilines is 1. The highest BCUT2D eigenvalue weighted by atomic mass is 19.4.